The quantitative estimate of drug-likeness (QED) is 0.566. The Bertz CT molecular complexity index is 668. The molecule has 0 bridgehead atoms. The topological polar surface area (TPSA) is 36.9 Å². The van der Waals surface area contributed by atoms with Crippen molar-refractivity contribution in [1.82, 2.24) is 0 Å². The number of rotatable bonds is 10. The first-order valence-electron chi connectivity index (χ1n) is 8.12. The number of ether oxygens (including phenoxy) is 4. The Morgan fingerprint density at radius 1 is 0.880 bits per heavy atom. The molecule has 0 aliphatic carbocycles. The Balaban J connectivity index is 1.65. The van der Waals surface area contributed by atoms with E-state index in [1.54, 1.807) is 19.2 Å². The Morgan fingerprint density at radius 3 is 2.28 bits per heavy atom. The van der Waals surface area contributed by atoms with Crippen LogP contribution in [0.5, 0.6) is 17.2 Å². The number of allylic oxidation sites excluding steroid dienone is 1. The zero-order chi connectivity index (χ0) is 17.9. The maximum Gasteiger partial charge on any atom is 0.161 e. The lowest BCUT2D eigenvalue weighted by molar-refractivity contribution is 0.0757. The number of hydrogen-bond donors (Lipinski definition) is 0. The molecular weight excluding hydrogens is 340 g/mol. The molecule has 0 heterocycles. The van der Waals surface area contributed by atoms with Crippen LogP contribution in [-0.2, 0) is 4.74 Å². The zero-order valence-corrected chi connectivity index (χ0v) is 15.3. The summed E-state index contributed by atoms with van der Waals surface area (Å²) in [6.45, 7) is 3.86. The molecule has 134 valence electrons. The predicted octanol–water partition coefficient (Wildman–Crippen LogP) is 4.86. The highest BCUT2D eigenvalue weighted by atomic mass is 35.5. The highest BCUT2D eigenvalue weighted by Gasteiger charge is 2.04. The Hall–Kier alpha value is -2.17. The van der Waals surface area contributed by atoms with Crippen molar-refractivity contribution in [1.29, 1.82) is 0 Å². The highest BCUT2D eigenvalue weighted by molar-refractivity contribution is 6.30. The summed E-state index contributed by atoms with van der Waals surface area (Å²) in [6, 6.07) is 13.1. The third kappa shape index (κ3) is 6.69. The third-order valence-corrected chi connectivity index (χ3v) is 3.59. The molecule has 2 rings (SSSR count). The highest BCUT2D eigenvalue weighted by Crippen LogP contribution is 2.28. The summed E-state index contributed by atoms with van der Waals surface area (Å²) in [6.07, 6.45) is 3.99. The van der Waals surface area contributed by atoms with Crippen molar-refractivity contribution >= 4 is 17.7 Å². The fourth-order valence-corrected chi connectivity index (χ4v) is 2.29. The molecule has 25 heavy (non-hydrogen) atoms. The van der Waals surface area contributed by atoms with Crippen molar-refractivity contribution in [3.63, 3.8) is 0 Å². The van der Waals surface area contributed by atoms with Gasteiger partial charge in [-0.3, -0.25) is 0 Å². The second kappa shape index (κ2) is 10.6. The smallest absolute Gasteiger partial charge is 0.161 e. The molecule has 2 aromatic carbocycles. The molecule has 0 aliphatic rings. The average Bonchev–Trinajstić information content (AvgIpc) is 2.63. The van der Waals surface area contributed by atoms with E-state index in [2.05, 4.69) is 0 Å². The summed E-state index contributed by atoms with van der Waals surface area (Å²) < 4.78 is 22.1. The molecule has 0 unspecified atom stereocenters. The maximum absolute atomic E-state index is 5.82. The summed E-state index contributed by atoms with van der Waals surface area (Å²) in [7, 11) is 1.63. The van der Waals surface area contributed by atoms with E-state index in [9.17, 15) is 0 Å². The van der Waals surface area contributed by atoms with Crippen molar-refractivity contribution in [2.24, 2.45) is 0 Å². The van der Waals surface area contributed by atoms with Crippen LogP contribution in [-0.4, -0.2) is 33.5 Å². The predicted molar refractivity (Wildman–Crippen MR) is 101 cm³/mol. The average molecular weight is 363 g/mol. The summed E-state index contributed by atoms with van der Waals surface area (Å²) >= 11 is 5.82. The van der Waals surface area contributed by atoms with E-state index in [1.807, 2.05) is 49.4 Å². The molecule has 0 amide bonds. The van der Waals surface area contributed by atoms with E-state index >= 15 is 0 Å². The number of benzene rings is 2. The van der Waals surface area contributed by atoms with Gasteiger partial charge in [0.2, 0.25) is 0 Å². The van der Waals surface area contributed by atoms with Gasteiger partial charge in [-0.15, -0.1) is 0 Å². The van der Waals surface area contributed by atoms with Gasteiger partial charge in [-0.1, -0.05) is 29.8 Å². The minimum absolute atomic E-state index is 0.445. The van der Waals surface area contributed by atoms with Gasteiger partial charge in [0.25, 0.3) is 0 Å². The van der Waals surface area contributed by atoms with E-state index in [1.165, 1.54) is 0 Å². The van der Waals surface area contributed by atoms with Gasteiger partial charge in [0, 0.05) is 5.02 Å². The van der Waals surface area contributed by atoms with Crippen LogP contribution in [0, 0.1) is 0 Å². The molecule has 0 aliphatic heterocycles. The molecule has 0 atom stereocenters. The minimum atomic E-state index is 0.445. The first-order chi connectivity index (χ1) is 12.2. The van der Waals surface area contributed by atoms with Crippen LogP contribution in [0.25, 0.3) is 6.08 Å². The molecule has 2 aromatic rings. The van der Waals surface area contributed by atoms with Crippen molar-refractivity contribution in [3.8, 4) is 17.2 Å². The van der Waals surface area contributed by atoms with Crippen molar-refractivity contribution in [3.05, 3.63) is 59.1 Å². The fraction of sp³-hybridized carbons (Fsp3) is 0.300. The second-order valence-corrected chi connectivity index (χ2v) is 5.61. The van der Waals surface area contributed by atoms with Crippen LogP contribution in [0.4, 0.5) is 0 Å². The minimum Gasteiger partial charge on any atom is -0.493 e. The molecule has 0 N–H and O–H groups in total. The molecule has 0 aromatic heterocycles. The Kier molecular flexibility index (Phi) is 8.16. The van der Waals surface area contributed by atoms with Crippen molar-refractivity contribution in [2.75, 3.05) is 33.5 Å². The summed E-state index contributed by atoms with van der Waals surface area (Å²) in [5, 5.41) is 0.690. The van der Waals surface area contributed by atoms with Crippen LogP contribution in [0.15, 0.2) is 48.5 Å². The standard InChI is InChI=1S/C20H23ClO4/c1-3-4-16-5-10-19(20(15-16)22-2)25-14-12-23-11-13-24-18-8-6-17(21)7-9-18/h3-10,15H,11-14H2,1-2H3. The number of halogens is 1. The van der Waals surface area contributed by atoms with Gasteiger partial charge < -0.3 is 18.9 Å². The lowest BCUT2D eigenvalue weighted by atomic mass is 10.2. The summed E-state index contributed by atoms with van der Waals surface area (Å²) in [4.78, 5) is 0. The number of methoxy groups -OCH3 is 1. The van der Waals surface area contributed by atoms with Crippen LogP contribution in [0.2, 0.25) is 5.02 Å². The van der Waals surface area contributed by atoms with Crippen LogP contribution >= 0.6 is 11.6 Å². The molecule has 5 heteroatoms. The Morgan fingerprint density at radius 2 is 1.60 bits per heavy atom. The lowest BCUT2D eigenvalue weighted by Gasteiger charge is -2.12. The summed E-state index contributed by atoms with van der Waals surface area (Å²) in [5.74, 6) is 2.19. The first-order valence-corrected chi connectivity index (χ1v) is 8.50. The second-order valence-electron chi connectivity index (χ2n) is 5.17. The van der Waals surface area contributed by atoms with Crippen molar-refractivity contribution in [2.45, 2.75) is 6.92 Å². The van der Waals surface area contributed by atoms with E-state index in [4.69, 9.17) is 30.5 Å². The van der Waals surface area contributed by atoms with E-state index in [-0.39, 0.29) is 0 Å². The van der Waals surface area contributed by atoms with E-state index in [0.29, 0.717) is 42.9 Å². The third-order valence-electron chi connectivity index (χ3n) is 3.34. The monoisotopic (exact) mass is 362 g/mol. The molecule has 0 saturated heterocycles. The maximum atomic E-state index is 5.82. The van der Waals surface area contributed by atoms with Crippen LogP contribution in [0.1, 0.15) is 12.5 Å². The normalized spacial score (nSPS) is 10.8. The van der Waals surface area contributed by atoms with Gasteiger partial charge in [-0.25, -0.2) is 0 Å². The lowest BCUT2D eigenvalue weighted by Crippen LogP contribution is -2.12. The molecular formula is C20H23ClO4. The SMILES string of the molecule is CC=Cc1ccc(OCCOCCOc2ccc(Cl)cc2)c(OC)c1. The van der Waals surface area contributed by atoms with Gasteiger partial charge in [-0.05, 0) is 48.9 Å². The van der Waals surface area contributed by atoms with Crippen molar-refractivity contribution < 1.29 is 18.9 Å². The summed E-state index contributed by atoms with van der Waals surface area (Å²) in [5.41, 5.74) is 1.07. The molecule has 0 radical (unpaired) electrons. The van der Waals surface area contributed by atoms with Gasteiger partial charge in [-0.2, -0.15) is 0 Å². The fourth-order valence-electron chi connectivity index (χ4n) is 2.16. The van der Waals surface area contributed by atoms with Gasteiger partial charge >= 0.3 is 0 Å². The van der Waals surface area contributed by atoms with E-state index < -0.39 is 0 Å². The van der Waals surface area contributed by atoms with Gasteiger partial charge in [0.15, 0.2) is 11.5 Å². The molecule has 4 nitrogen and oxygen atoms in total. The van der Waals surface area contributed by atoms with Crippen LogP contribution in [0.3, 0.4) is 0 Å². The number of hydrogen-bond acceptors (Lipinski definition) is 4. The zero-order valence-electron chi connectivity index (χ0n) is 14.5. The molecule has 0 spiro atoms. The Labute approximate surface area is 153 Å². The van der Waals surface area contributed by atoms with E-state index in [0.717, 1.165) is 11.3 Å². The molecule has 0 saturated carbocycles. The van der Waals surface area contributed by atoms with Gasteiger partial charge in [0.1, 0.15) is 19.0 Å². The van der Waals surface area contributed by atoms with Gasteiger partial charge in [0.05, 0.1) is 20.3 Å². The first kappa shape index (κ1) is 19.2. The van der Waals surface area contributed by atoms with Crippen LogP contribution < -0.4 is 14.2 Å². The largest absolute Gasteiger partial charge is 0.493 e. The molecule has 0 fully saturated rings.